The van der Waals surface area contributed by atoms with Crippen molar-refractivity contribution < 1.29 is 4.79 Å². The Hall–Kier alpha value is -0.940. The van der Waals surface area contributed by atoms with Gasteiger partial charge in [0.15, 0.2) is 0 Å². The summed E-state index contributed by atoms with van der Waals surface area (Å²) in [4.78, 5) is 15.9. The molecule has 0 spiro atoms. The predicted octanol–water partition coefficient (Wildman–Crippen LogP) is 1.05. The number of aryl methyl sites for hydroxylation is 1. The number of thiazole rings is 1. The third-order valence-corrected chi connectivity index (χ3v) is 3.04. The molecule has 1 rings (SSSR count). The number of nitrogens with one attached hydrogen (secondary N) is 1. The Morgan fingerprint density at radius 2 is 2.33 bits per heavy atom. The minimum atomic E-state index is -0.509. The molecule has 0 saturated heterocycles. The topological polar surface area (TPSA) is 68.0 Å². The van der Waals surface area contributed by atoms with E-state index in [1.807, 2.05) is 26.2 Å². The molecule has 1 amide bonds. The molecule has 1 aromatic rings. The molecule has 5 heteroatoms. The molecule has 1 heterocycles. The molecule has 0 saturated carbocycles. The Morgan fingerprint density at radius 1 is 1.67 bits per heavy atom. The van der Waals surface area contributed by atoms with Gasteiger partial charge in [0.1, 0.15) is 0 Å². The van der Waals surface area contributed by atoms with Crippen molar-refractivity contribution >= 4 is 17.2 Å². The zero-order valence-corrected chi connectivity index (χ0v) is 10.1. The molecule has 0 atom stereocenters. The molecule has 3 N–H and O–H groups in total. The minimum Gasteiger partial charge on any atom is -0.350 e. The van der Waals surface area contributed by atoms with Crippen LogP contribution in [0, 0.1) is 12.3 Å². The number of carbonyl (C=O) groups is 1. The molecule has 0 aliphatic rings. The Labute approximate surface area is 93.9 Å². The Morgan fingerprint density at radius 3 is 2.80 bits per heavy atom. The summed E-state index contributed by atoms with van der Waals surface area (Å²) in [5.74, 6) is -0.0318. The van der Waals surface area contributed by atoms with E-state index < -0.39 is 5.41 Å². The maximum absolute atomic E-state index is 11.7. The van der Waals surface area contributed by atoms with Crippen LogP contribution >= 0.6 is 11.3 Å². The van der Waals surface area contributed by atoms with Crippen molar-refractivity contribution in [2.75, 3.05) is 6.54 Å². The van der Waals surface area contributed by atoms with Crippen LogP contribution in [0.5, 0.6) is 0 Å². The molecule has 0 aliphatic carbocycles. The van der Waals surface area contributed by atoms with E-state index in [4.69, 9.17) is 5.73 Å². The van der Waals surface area contributed by atoms with E-state index in [2.05, 4.69) is 10.3 Å². The van der Waals surface area contributed by atoms with Crippen molar-refractivity contribution in [2.24, 2.45) is 11.1 Å². The van der Waals surface area contributed by atoms with Crippen molar-refractivity contribution in [1.82, 2.24) is 10.3 Å². The lowest BCUT2D eigenvalue weighted by atomic mass is 9.93. The first kappa shape index (κ1) is 12.1. The van der Waals surface area contributed by atoms with E-state index in [0.29, 0.717) is 13.1 Å². The van der Waals surface area contributed by atoms with E-state index >= 15 is 0 Å². The normalized spacial score (nSPS) is 11.5. The fourth-order valence-corrected chi connectivity index (χ4v) is 1.60. The number of rotatable bonds is 4. The summed E-state index contributed by atoms with van der Waals surface area (Å²) in [7, 11) is 0. The van der Waals surface area contributed by atoms with Crippen LogP contribution in [0.3, 0.4) is 0 Å². The summed E-state index contributed by atoms with van der Waals surface area (Å²) in [6, 6.07) is 0. The summed E-state index contributed by atoms with van der Waals surface area (Å²) in [5, 5.41) is 5.79. The number of carbonyl (C=O) groups excluding carboxylic acids is 1. The molecule has 0 unspecified atom stereocenters. The van der Waals surface area contributed by atoms with Crippen LogP contribution in [0.15, 0.2) is 5.38 Å². The summed E-state index contributed by atoms with van der Waals surface area (Å²) < 4.78 is 0. The van der Waals surface area contributed by atoms with Gasteiger partial charge in [-0.3, -0.25) is 4.79 Å². The minimum absolute atomic E-state index is 0.0318. The predicted molar refractivity (Wildman–Crippen MR) is 61.5 cm³/mol. The Bertz CT molecular complexity index is 346. The van der Waals surface area contributed by atoms with Gasteiger partial charge < -0.3 is 11.1 Å². The number of nitrogens with zero attached hydrogens (tertiary/aromatic N) is 1. The van der Waals surface area contributed by atoms with Gasteiger partial charge in [0, 0.05) is 11.9 Å². The molecule has 0 fully saturated rings. The number of hydrogen-bond acceptors (Lipinski definition) is 4. The average molecular weight is 227 g/mol. The first-order valence-electron chi connectivity index (χ1n) is 4.85. The molecular weight excluding hydrogens is 210 g/mol. The second kappa shape index (κ2) is 4.72. The highest BCUT2D eigenvalue weighted by atomic mass is 32.1. The van der Waals surface area contributed by atoms with Crippen molar-refractivity contribution in [3.8, 4) is 0 Å². The van der Waals surface area contributed by atoms with Crippen molar-refractivity contribution in [2.45, 2.75) is 27.3 Å². The van der Waals surface area contributed by atoms with E-state index in [1.165, 1.54) is 0 Å². The summed E-state index contributed by atoms with van der Waals surface area (Å²) in [6.45, 7) is 6.42. The van der Waals surface area contributed by atoms with Gasteiger partial charge in [-0.1, -0.05) is 0 Å². The van der Waals surface area contributed by atoms with E-state index in [9.17, 15) is 4.79 Å². The molecular formula is C10H17N3OS. The highest BCUT2D eigenvalue weighted by molar-refractivity contribution is 7.09. The molecule has 0 aromatic carbocycles. The fourth-order valence-electron chi connectivity index (χ4n) is 0.992. The van der Waals surface area contributed by atoms with Gasteiger partial charge >= 0.3 is 0 Å². The Balaban J connectivity index is 2.47. The summed E-state index contributed by atoms with van der Waals surface area (Å²) >= 11 is 1.58. The molecule has 4 nitrogen and oxygen atoms in total. The molecule has 0 radical (unpaired) electrons. The van der Waals surface area contributed by atoms with Gasteiger partial charge in [-0.25, -0.2) is 4.98 Å². The van der Waals surface area contributed by atoms with Gasteiger partial charge in [0.2, 0.25) is 5.91 Å². The van der Waals surface area contributed by atoms with Crippen molar-refractivity contribution in [1.29, 1.82) is 0 Å². The molecule has 15 heavy (non-hydrogen) atoms. The van der Waals surface area contributed by atoms with Gasteiger partial charge in [-0.05, 0) is 20.8 Å². The number of amides is 1. The average Bonchev–Trinajstić information content (AvgIpc) is 2.60. The number of hydrogen-bond donors (Lipinski definition) is 2. The van der Waals surface area contributed by atoms with E-state index in [-0.39, 0.29) is 5.91 Å². The lowest BCUT2D eigenvalue weighted by molar-refractivity contribution is -0.129. The molecule has 0 bridgehead atoms. The largest absolute Gasteiger partial charge is 0.350 e. The maximum Gasteiger partial charge on any atom is 0.227 e. The summed E-state index contributed by atoms with van der Waals surface area (Å²) in [6.07, 6.45) is 0. The van der Waals surface area contributed by atoms with Crippen LogP contribution in [0.25, 0.3) is 0 Å². The highest BCUT2D eigenvalue weighted by Crippen LogP contribution is 2.13. The fraction of sp³-hybridized carbons (Fsp3) is 0.600. The van der Waals surface area contributed by atoms with Gasteiger partial charge in [0.25, 0.3) is 0 Å². The number of nitrogens with two attached hydrogens (primary N) is 1. The number of aromatic nitrogens is 1. The molecule has 84 valence electrons. The van der Waals surface area contributed by atoms with Gasteiger partial charge in [0.05, 0.1) is 22.7 Å². The standard InChI is InChI=1S/C10H17N3OS/c1-7-13-8(5-15-7)4-12-9(14)10(2,3)6-11/h5H,4,6,11H2,1-3H3,(H,12,14). The van der Waals surface area contributed by atoms with Crippen molar-refractivity contribution in [3.63, 3.8) is 0 Å². The highest BCUT2D eigenvalue weighted by Gasteiger charge is 2.25. The molecule has 1 aromatic heterocycles. The van der Waals surface area contributed by atoms with Gasteiger partial charge in [-0.2, -0.15) is 0 Å². The van der Waals surface area contributed by atoms with Crippen LogP contribution in [0.1, 0.15) is 24.5 Å². The van der Waals surface area contributed by atoms with E-state index in [0.717, 1.165) is 10.7 Å². The molecule has 0 aliphatic heterocycles. The third-order valence-electron chi connectivity index (χ3n) is 2.22. The Kier molecular flexibility index (Phi) is 3.82. The van der Waals surface area contributed by atoms with E-state index in [1.54, 1.807) is 11.3 Å². The maximum atomic E-state index is 11.7. The van der Waals surface area contributed by atoms with Crippen LogP contribution in [0.4, 0.5) is 0 Å². The van der Waals surface area contributed by atoms with Crippen molar-refractivity contribution in [3.05, 3.63) is 16.1 Å². The quantitative estimate of drug-likeness (QED) is 0.808. The third kappa shape index (κ3) is 3.28. The second-order valence-corrected chi connectivity index (χ2v) is 5.19. The SMILES string of the molecule is Cc1nc(CNC(=O)C(C)(C)CN)cs1. The second-order valence-electron chi connectivity index (χ2n) is 4.13. The zero-order chi connectivity index (χ0) is 11.5. The van der Waals surface area contributed by atoms with Gasteiger partial charge in [-0.15, -0.1) is 11.3 Å². The lowest BCUT2D eigenvalue weighted by Crippen LogP contribution is -2.41. The monoisotopic (exact) mass is 227 g/mol. The lowest BCUT2D eigenvalue weighted by Gasteiger charge is -2.20. The van der Waals surface area contributed by atoms with Crippen LogP contribution < -0.4 is 11.1 Å². The smallest absolute Gasteiger partial charge is 0.227 e. The van der Waals surface area contributed by atoms with Crippen LogP contribution in [-0.4, -0.2) is 17.4 Å². The zero-order valence-electron chi connectivity index (χ0n) is 9.33. The summed E-state index contributed by atoms with van der Waals surface area (Å²) in [5.41, 5.74) is 5.90. The first-order chi connectivity index (χ1) is 6.95. The first-order valence-corrected chi connectivity index (χ1v) is 5.73. The van der Waals surface area contributed by atoms with Crippen LogP contribution in [0.2, 0.25) is 0 Å². The van der Waals surface area contributed by atoms with Crippen LogP contribution in [-0.2, 0) is 11.3 Å².